The summed E-state index contributed by atoms with van der Waals surface area (Å²) in [5.41, 5.74) is 3.33. The highest BCUT2D eigenvalue weighted by Crippen LogP contribution is 2.27. The molecule has 0 bridgehead atoms. The zero-order valence-electron chi connectivity index (χ0n) is 15.0. The Kier molecular flexibility index (Phi) is 6.08. The monoisotopic (exact) mass is 402 g/mol. The number of carbonyl (C=O) groups excluding carboxylic acids is 2. The molecular weight excluding hydrogens is 384 g/mol. The van der Waals surface area contributed by atoms with E-state index in [0.717, 1.165) is 26.4 Å². The van der Waals surface area contributed by atoms with Crippen LogP contribution < -0.4 is 5.32 Å². The van der Waals surface area contributed by atoms with Crippen LogP contribution in [0.2, 0.25) is 5.02 Å². The van der Waals surface area contributed by atoms with E-state index < -0.39 is 11.9 Å². The van der Waals surface area contributed by atoms with E-state index in [9.17, 15) is 9.59 Å². The van der Waals surface area contributed by atoms with Gasteiger partial charge in [-0.25, -0.2) is 4.98 Å². The summed E-state index contributed by atoms with van der Waals surface area (Å²) in [7, 11) is 0. The summed E-state index contributed by atoms with van der Waals surface area (Å²) in [5.74, 6) is -0.853. The van der Waals surface area contributed by atoms with E-state index in [4.69, 9.17) is 16.3 Å². The van der Waals surface area contributed by atoms with E-state index >= 15 is 0 Å². The zero-order valence-corrected chi connectivity index (χ0v) is 16.6. The van der Waals surface area contributed by atoms with Gasteiger partial charge in [0.05, 0.1) is 32.4 Å². The first-order valence-electron chi connectivity index (χ1n) is 8.49. The van der Waals surface area contributed by atoms with Gasteiger partial charge in [-0.15, -0.1) is 11.3 Å². The SMILES string of the molecule is Cc1cc(C)c(NC(=O)COC(=O)CCc2nc3ccccc3s2)c(Cl)c1. The van der Waals surface area contributed by atoms with E-state index in [1.165, 1.54) is 0 Å². The van der Waals surface area contributed by atoms with Gasteiger partial charge < -0.3 is 10.1 Å². The van der Waals surface area contributed by atoms with Gasteiger partial charge in [-0.05, 0) is 43.2 Å². The molecule has 0 fully saturated rings. The third-order valence-electron chi connectivity index (χ3n) is 3.94. The molecule has 0 aliphatic heterocycles. The number of nitrogens with zero attached hydrogens (tertiary/aromatic N) is 1. The molecule has 3 rings (SSSR count). The molecule has 0 spiro atoms. The number of halogens is 1. The lowest BCUT2D eigenvalue weighted by Gasteiger charge is -2.11. The lowest BCUT2D eigenvalue weighted by atomic mass is 10.1. The molecule has 0 atom stereocenters. The lowest BCUT2D eigenvalue weighted by Crippen LogP contribution is -2.21. The second-order valence-corrected chi connectivity index (χ2v) is 7.75. The molecule has 0 aliphatic carbocycles. The molecular formula is C20H19ClN2O3S. The number of nitrogens with one attached hydrogen (secondary N) is 1. The fraction of sp³-hybridized carbons (Fsp3) is 0.250. The second-order valence-electron chi connectivity index (χ2n) is 6.22. The summed E-state index contributed by atoms with van der Waals surface area (Å²) in [6.07, 6.45) is 0.667. The summed E-state index contributed by atoms with van der Waals surface area (Å²) in [6, 6.07) is 11.5. The summed E-state index contributed by atoms with van der Waals surface area (Å²) >= 11 is 7.72. The van der Waals surface area contributed by atoms with E-state index in [1.807, 2.05) is 44.2 Å². The van der Waals surface area contributed by atoms with Crippen molar-refractivity contribution in [2.24, 2.45) is 0 Å². The normalized spacial score (nSPS) is 10.8. The van der Waals surface area contributed by atoms with E-state index in [0.29, 0.717) is 17.1 Å². The number of amides is 1. The summed E-state index contributed by atoms with van der Waals surface area (Å²) < 4.78 is 6.15. The first-order chi connectivity index (χ1) is 12.9. The number of hydrogen-bond acceptors (Lipinski definition) is 5. The average molecular weight is 403 g/mol. The summed E-state index contributed by atoms with van der Waals surface area (Å²) in [5, 5.41) is 4.03. The molecule has 1 N–H and O–H groups in total. The van der Waals surface area contributed by atoms with Crippen molar-refractivity contribution in [1.29, 1.82) is 0 Å². The molecule has 7 heteroatoms. The molecule has 2 aromatic carbocycles. The largest absolute Gasteiger partial charge is 0.456 e. The molecule has 0 aliphatic rings. The molecule has 27 heavy (non-hydrogen) atoms. The fourth-order valence-corrected chi connectivity index (χ4v) is 4.04. The number of anilines is 1. The van der Waals surface area contributed by atoms with Gasteiger partial charge in [0.1, 0.15) is 0 Å². The van der Waals surface area contributed by atoms with Crippen LogP contribution in [0.1, 0.15) is 22.6 Å². The van der Waals surface area contributed by atoms with Crippen LogP contribution in [0.4, 0.5) is 5.69 Å². The van der Waals surface area contributed by atoms with Crippen LogP contribution in [0.15, 0.2) is 36.4 Å². The van der Waals surface area contributed by atoms with E-state index in [2.05, 4.69) is 10.3 Å². The number of aromatic nitrogens is 1. The molecule has 3 aromatic rings. The van der Waals surface area contributed by atoms with Crippen LogP contribution in [-0.2, 0) is 20.7 Å². The van der Waals surface area contributed by atoms with Crippen LogP contribution in [-0.4, -0.2) is 23.5 Å². The van der Waals surface area contributed by atoms with Gasteiger partial charge in [-0.3, -0.25) is 9.59 Å². The Morgan fingerprint density at radius 3 is 2.74 bits per heavy atom. The van der Waals surface area contributed by atoms with Crippen molar-refractivity contribution in [1.82, 2.24) is 4.98 Å². The predicted molar refractivity (Wildman–Crippen MR) is 108 cm³/mol. The number of aryl methyl sites for hydroxylation is 3. The standard InChI is InChI=1S/C20H19ClN2O3S/c1-12-9-13(2)20(14(21)10-12)23-17(24)11-26-19(25)8-7-18-22-15-5-3-4-6-16(15)27-18/h3-6,9-10H,7-8,11H2,1-2H3,(H,23,24). The van der Waals surface area contributed by atoms with Gasteiger partial charge in [0, 0.05) is 6.42 Å². The molecule has 0 unspecified atom stereocenters. The molecule has 140 valence electrons. The van der Waals surface area contributed by atoms with Gasteiger partial charge in [0.15, 0.2) is 6.61 Å². The van der Waals surface area contributed by atoms with Crippen LogP contribution in [0.3, 0.4) is 0 Å². The van der Waals surface area contributed by atoms with Crippen LogP contribution in [0, 0.1) is 13.8 Å². The Bertz CT molecular complexity index is 944. The summed E-state index contributed by atoms with van der Waals surface area (Å²) in [4.78, 5) is 28.4. The Morgan fingerprint density at radius 2 is 2.00 bits per heavy atom. The molecule has 5 nitrogen and oxygen atoms in total. The average Bonchev–Trinajstić information content (AvgIpc) is 3.04. The van der Waals surface area contributed by atoms with Crippen molar-refractivity contribution in [3.05, 3.63) is 57.6 Å². The molecule has 0 saturated carbocycles. The molecule has 0 saturated heterocycles. The first-order valence-corrected chi connectivity index (χ1v) is 9.68. The van der Waals surface area contributed by atoms with Crippen molar-refractivity contribution in [2.75, 3.05) is 11.9 Å². The van der Waals surface area contributed by atoms with Gasteiger partial charge >= 0.3 is 5.97 Å². The van der Waals surface area contributed by atoms with Crippen LogP contribution >= 0.6 is 22.9 Å². The molecule has 1 heterocycles. The van der Waals surface area contributed by atoms with Crippen LogP contribution in [0.25, 0.3) is 10.2 Å². The Labute approximate surface area is 166 Å². The number of thiazole rings is 1. The minimum atomic E-state index is -0.434. The molecule has 1 amide bonds. The minimum absolute atomic E-state index is 0.178. The number of hydrogen-bond donors (Lipinski definition) is 1. The molecule has 1 aromatic heterocycles. The number of ether oxygens (including phenoxy) is 1. The maximum atomic E-state index is 12.0. The Morgan fingerprint density at radius 1 is 1.22 bits per heavy atom. The fourth-order valence-electron chi connectivity index (χ4n) is 2.70. The van der Waals surface area contributed by atoms with E-state index in [-0.39, 0.29) is 13.0 Å². The third kappa shape index (κ3) is 5.05. The first kappa shape index (κ1) is 19.3. The third-order valence-corrected chi connectivity index (χ3v) is 5.34. The number of benzene rings is 2. The minimum Gasteiger partial charge on any atom is -0.456 e. The maximum absolute atomic E-state index is 12.0. The van der Waals surface area contributed by atoms with Crippen LogP contribution in [0.5, 0.6) is 0 Å². The second kappa shape index (κ2) is 8.50. The predicted octanol–water partition coefficient (Wildman–Crippen LogP) is 4.68. The van der Waals surface area contributed by atoms with Crippen molar-refractivity contribution in [3.8, 4) is 0 Å². The number of rotatable bonds is 6. The maximum Gasteiger partial charge on any atom is 0.306 e. The van der Waals surface area contributed by atoms with Crippen molar-refractivity contribution >= 4 is 50.7 Å². The van der Waals surface area contributed by atoms with Gasteiger partial charge in [-0.1, -0.05) is 29.8 Å². The topological polar surface area (TPSA) is 68.3 Å². The quantitative estimate of drug-likeness (QED) is 0.608. The Balaban J connectivity index is 1.48. The van der Waals surface area contributed by atoms with Gasteiger partial charge in [-0.2, -0.15) is 0 Å². The highest BCUT2D eigenvalue weighted by atomic mass is 35.5. The zero-order chi connectivity index (χ0) is 19.4. The highest BCUT2D eigenvalue weighted by molar-refractivity contribution is 7.18. The van der Waals surface area contributed by atoms with Gasteiger partial charge in [0.2, 0.25) is 0 Å². The lowest BCUT2D eigenvalue weighted by molar-refractivity contribution is -0.147. The smallest absolute Gasteiger partial charge is 0.306 e. The number of fused-ring (bicyclic) bond motifs is 1. The van der Waals surface area contributed by atoms with Gasteiger partial charge in [0.25, 0.3) is 5.91 Å². The number of para-hydroxylation sites is 1. The van der Waals surface area contributed by atoms with Crippen molar-refractivity contribution < 1.29 is 14.3 Å². The number of esters is 1. The van der Waals surface area contributed by atoms with Crippen molar-refractivity contribution in [3.63, 3.8) is 0 Å². The summed E-state index contributed by atoms with van der Waals surface area (Å²) in [6.45, 7) is 3.44. The Hall–Kier alpha value is -2.44. The molecule has 0 radical (unpaired) electrons. The van der Waals surface area contributed by atoms with Crippen molar-refractivity contribution in [2.45, 2.75) is 26.7 Å². The number of carbonyl (C=O) groups is 2. The van der Waals surface area contributed by atoms with E-state index in [1.54, 1.807) is 17.4 Å². The highest BCUT2D eigenvalue weighted by Gasteiger charge is 2.13.